The highest BCUT2D eigenvalue weighted by Crippen LogP contribution is 2.21. The first kappa shape index (κ1) is 15.6. The highest BCUT2D eigenvalue weighted by atomic mass is 19.1. The van der Waals surface area contributed by atoms with E-state index < -0.39 is 0 Å². The number of benzene rings is 1. The molecule has 0 saturated heterocycles. The number of nitrogens with zero attached hydrogens (tertiary/aromatic N) is 1. The van der Waals surface area contributed by atoms with Gasteiger partial charge in [-0.1, -0.05) is 19.9 Å². The minimum atomic E-state index is -0.347. The topological polar surface area (TPSA) is 56.0 Å². The average molecular weight is 264 g/mol. The van der Waals surface area contributed by atoms with Crippen molar-refractivity contribution in [3.8, 4) is 6.07 Å². The van der Waals surface area contributed by atoms with Gasteiger partial charge in [0.2, 0.25) is 0 Å². The first-order valence-corrected chi connectivity index (χ1v) is 6.48. The zero-order valence-corrected chi connectivity index (χ0v) is 11.5. The van der Waals surface area contributed by atoms with Gasteiger partial charge in [0.15, 0.2) is 0 Å². The molecule has 0 aliphatic carbocycles. The molecule has 0 aliphatic heterocycles. The van der Waals surface area contributed by atoms with Gasteiger partial charge < -0.3 is 10.4 Å². The van der Waals surface area contributed by atoms with Crippen LogP contribution in [0.4, 0.5) is 4.39 Å². The van der Waals surface area contributed by atoms with Crippen molar-refractivity contribution in [2.75, 3.05) is 13.2 Å². The molecule has 104 valence electrons. The quantitative estimate of drug-likeness (QED) is 0.796. The zero-order valence-electron chi connectivity index (χ0n) is 11.5. The summed E-state index contributed by atoms with van der Waals surface area (Å²) in [7, 11) is 0. The fourth-order valence-corrected chi connectivity index (χ4v) is 1.94. The molecule has 0 bridgehead atoms. The van der Waals surface area contributed by atoms with E-state index >= 15 is 0 Å². The van der Waals surface area contributed by atoms with Crippen LogP contribution in [0.5, 0.6) is 0 Å². The van der Waals surface area contributed by atoms with E-state index in [2.05, 4.69) is 19.2 Å². The maximum atomic E-state index is 13.6. The van der Waals surface area contributed by atoms with Crippen LogP contribution in [-0.2, 0) is 6.54 Å². The van der Waals surface area contributed by atoms with E-state index in [1.54, 1.807) is 12.1 Å². The lowest BCUT2D eigenvalue weighted by atomic mass is 9.88. The van der Waals surface area contributed by atoms with Gasteiger partial charge >= 0.3 is 0 Å². The number of hydrogen-bond donors (Lipinski definition) is 2. The van der Waals surface area contributed by atoms with Gasteiger partial charge in [-0.3, -0.25) is 0 Å². The van der Waals surface area contributed by atoms with Crippen LogP contribution < -0.4 is 5.32 Å². The van der Waals surface area contributed by atoms with Crippen LogP contribution >= 0.6 is 0 Å². The van der Waals surface area contributed by atoms with Gasteiger partial charge in [-0.2, -0.15) is 5.26 Å². The van der Waals surface area contributed by atoms with Crippen molar-refractivity contribution in [1.29, 1.82) is 5.26 Å². The molecule has 4 heteroatoms. The number of rotatable bonds is 7. The summed E-state index contributed by atoms with van der Waals surface area (Å²) in [4.78, 5) is 0. The maximum Gasteiger partial charge on any atom is 0.129 e. The largest absolute Gasteiger partial charge is 0.396 e. The van der Waals surface area contributed by atoms with Gasteiger partial charge in [0.1, 0.15) is 5.82 Å². The smallest absolute Gasteiger partial charge is 0.129 e. The van der Waals surface area contributed by atoms with Gasteiger partial charge in [0.25, 0.3) is 0 Å². The predicted molar refractivity (Wildman–Crippen MR) is 72.9 cm³/mol. The van der Waals surface area contributed by atoms with E-state index in [-0.39, 0.29) is 17.8 Å². The third-order valence-electron chi connectivity index (χ3n) is 3.11. The fraction of sp³-hybridized carbons (Fsp3) is 0.533. The lowest BCUT2D eigenvalue weighted by Crippen LogP contribution is -2.29. The average Bonchev–Trinajstić information content (AvgIpc) is 2.38. The van der Waals surface area contributed by atoms with Crippen LogP contribution in [0.25, 0.3) is 0 Å². The van der Waals surface area contributed by atoms with E-state index in [0.717, 1.165) is 19.4 Å². The third-order valence-corrected chi connectivity index (χ3v) is 3.11. The highest BCUT2D eigenvalue weighted by Gasteiger charge is 2.16. The molecule has 0 fully saturated rings. The Kier molecular flexibility index (Phi) is 5.94. The Morgan fingerprint density at radius 3 is 2.74 bits per heavy atom. The van der Waals surface area contributed by atoms with Crippen LogP contribution in [0, 0.1) is 22.6 Å². The summed E-state index contributed by atoms with van der Waals surface area (Å²) in [6.07, 6.45) is 1.70. The van der Waals surface area contributed by atoms with Gasteiger partial charge in [0, 0.05) is 25.3 Å². The summed E-state index contributed by atoms with van der Waals surface area (Å²) in [5.41, 5.74) is 0.979. The molecule has 0 atom stereocenters. The molecule has 1 aromatic carbocycles. The lowest BCUT2D eigenvalue weighted by Gasteiger charge is -2.24. The van der Waals surface area contributed by atoms with E-state index in [4.69, 9.17) is 10.4 Å². The first-order chi connectivity index (χ1) is 8.98. The zero-order chi connectivity index (χ0) is 14.3. The SMILES string of the molecule is CC(C)(CCCO)CNCc1ccc(C#N)cc1F. The molecule has 19 heavy (non-hydrogen) atoms. The summed E-state index contributed by atoms with van der Waals surface area (Å²) < 4.78 is 13.6. The van der Waals surface area contributed by atoms with E-state index in [9.17, 15) is 4.39 Å². The van der Waals surface area contributed by atoms with Gasteiger partial charge in [0.05, 0.1) is 11.6 Å². The lowest BCUT2D eigenvalue weighted by molar-refractivity contribution is 0.236. The second kappa shape index (κ2) is 7.22. The van der Waals surface area contributed by atoms with Crippen molar-refractivity contribution in [2.45, 2.75) is 33.2 Å². The summed E-state index contributed by atoms with van der Waals surface area (Å²) in [5, 5.41) is 20.7. The predicted octanol–water partition coefficient (Wildman–Crippen LogP) is 2.59. The fourth-order valence-electron chi connectivity index (χ4n) is 1.94. The minimum absolute atomic E-state index is 0.0752. The molecule has 1 rings (SSSR count). The molecular formula is C15H21FN2O. The Morgan fingerprint density at radius 1 is 1.42 bits per heavy atom. The van der Waals surface area contributed by atoms with Crippen molar-refractivity contribution in [3.63, 3.8) is 0 Å². The van der Waals surface area contributed by atoms with Crippen LogP contribution in [0.2, 0.25) is 0 Å². The first-order valence-electron chi connectivity index (χ1n) is 6.48. The van der Waals surface area contributed by atoms with Crippen LogP contribution in [0.3, 0.4) is 0 Å². The van der Waals surface area contributed by atoms with Crippen molar-refractivity contribution in [1.82, 2.24) is 5.32 Å². The molecule has 3 nitrogen and oxygen atoms in total. The van der Waals surface area contributed by atoms with E-state index in [1.807, 2.05) is 6.07 Å². The van der Waals surface area contributed by atoms with Gasteiger partial charge in [-0.15, -0.1) is 0 Å². The summed E-state index contributed by atoms with van der Waals surface area (Å²) in [6, 6.07) is 6.43. The Labute approximate surface area is 114 Å². The third kappa shape index (κ3) is 5.37. The summed E-state index contributed by atoms with van der Waals surface area (Å²) in [6.45, 7) is 5.63. The number of hydrogen-bond acceptors (Lipinski definition) is 3. The maximum absolute atomic E-state index is 13.6. The van der Waals surface area contributed by atoms with Gasteiger partial charge in [-0.25, -0.2) is 4.39 Å². The van der Waals surface area contributed by atoms with Gasteiger partial charge in [-0.05, 0) is 30.4 Å². The molecule has 0 saturated carbocycles. The molecule has 0 radical (unpaired) electrons. The molecule has 1 aromatic rings. The monoisotopic (exact) mass is 264 g/mol. The summed E-state index contributed by atoms with van der Waals surface area (Å²) in [5.74, 6) is -0.347. The number of halogens is 1. The number of nitriles is 1. The second-order valence-corrected chi connectivity index (χ2v) is 5.51. The minimum Gasteiger partial charge on any atom is -0.396 e. The molecular weight excluding hydrogens is 243 g/mol. The molecule has 0 unspecified atom stereocenters. The Hall–Kier alpha value is -1.44. The Morgan fingerprint density at radius 2 is 2.16 bits per heavy atom. The number of aliphatic hydroxyl groups excluding tert-OH is 1. The van der Waals surface area contributed by atoms with Crippen LogP contribution in [-0.4, -0.2) is 18.3 Å². The molecule has 0 heterocycles. The second-order valence-electron chi connectivity index (χ2n) is 5.51. The number of nitrogens with one attached hydrogen (secondary N) is 1. The normalized spacial score (nSPS) is 11.3. The van der Waals surface area contributed by atoms with Crippen molar-refractivity contribution in [2.24, 2.45) is 5.41 Å². The van der Waals surface area contributed by atoms with E-state index in [1.165, 1.54) is 6.07 Å². The molecule has 0 aromatic heterocycles. The molecule has 2 N–H and O–H groups in total. The van der Waals surface area contributed by atoms with E-state index in [0.29, 0.717) is 17.7 Å². The molecule has 0 amide bonds. The standard InChI is InChI=1S/C15H21FN2O/c1-15(2,6-3-7-19)11-18-10-13-5-4-12(9-17)8-14(13)16/h4-5,8,18-19H,3,6-7,10-11H2,1-2H3. The number of aliphatic hydroxyl groups is 1. The van der Waals surface area contributed by atoms with Crippen molar-refractivity contribution >= 4 is 0 Å². The molecule has 0 spiro atoms. The summed E-state index contributed by atoms with van der Waals surface area (Å²) >= 11 is 0. The molecule has 0 aliphatic rings. The Balaban J connectivity index is 2.47. The highest BCUT2D eigenvalue weighted by molar-refractivity contribution is 5.32. The van der Waals surface area contributed by atoms with Crippen LogP contribution in [0.1, 0.15) is 37.8 Å². The Bertz CT molecular complexity index is 452. The van der Waals surface area contributed by atoms with Crippen molar-refractivity contribution < 1.29 is 9.50 Å². The van der Waals surface area contributed by atoms with Crippen molar-refractivity contribution in [3.05, 3.63) is 35.1 Å². The van der Waals surface area contributed by atoms with Crippen LogP contribution in [0.15, 0.2) is 18.2 Å².